The first kappa shape index (κ1) is 28.9. The van der Waals surface area contributed by atoms with Gasteiger partial charge in [-0.15, -0.1) is 13.2 Å². The Bertz CT molecular complexity index is 1690. The summed E-state index contributed by atoms with van der Waals surface area (Å²) in [6.07, 6.45) is -1.98. The zero-order chi connectivity index (χ0) is 30.1. The van der Waals surface area contributed by atoms with E-state index in [9.17, 15) is 27.2 Å². The van der Waals surface area contributed by atoms with Crippen molar-refractivity contribution in [2.45, 2.75) is 45.6 Å². The summed E-state index contributed by atoms with van der Waals surface area (Å²) in [5.74, 6) is -2.40. The van der Waals surface area contributed by atoms with Gasteiger partial charge in [-0.2, -0.15) is 5.10 Å². The molecule has 0 unspecified atom stereocenters. The minimum atomic E-state index is -4.95. The van der Waals surface area contributed by atoms with Crippen LogP contribution in [-0.4, -0.2) is 43.3 Å². The molecule has 0 saturated heterocycles. The van der Waals surface area contributed by atoms with Gasteiger partial charge in [-0.3, -0.25) is 14.6 Å². The van der Waals surface area contributed by atoms with Gasteiger partial charge in [-0.25, -0.2) is 20.5 Å². The average molecular weight is 570 g/mol. The highest BCUT2D eigenvalue weighted by Crippen LogP contribution is 2.28. The molecule has 41 heavy (non-hydrogen) atoms. The summed E-state index contributed by atoms with van der Waals surface area (Å²) in [5, 5.41) is 9.62. The fourth-order valence-corrected chi connectivity index (χ4v) is 3.72. The second-order valence-corrected chi connectivity index (χ2v) is 9.56. The molecule has 0 saturated carbocycles. The van der Waals surface area contributed by atoms with E-state index >= 15 is 0 Å². The van der Waals surface area contributed by atoms with Gasteiger partial charge in [-0.05, 0) is 50.2 Å². The van der Waals surface area contributed by atoms with Crippen molar-refractivity contribution in [2.24, 2.45) is 0 Å². The monoisotopic (exact) mass is 569 g/mol. The lowest BCUT2D eigenvalue weighted by molar-refractivity contribution is -0.274. The summed E-state index contributed by atoms with van der Waals surface area (Å²) in [6.45, 7) is 13.1. The van der Waals surface area contributed by atoms with Crippen LogP contribution in [0.15, 0.2) is 48.8 Å². The van der Waals surface area contributed by atoms with Crippen LogP contribution in [0, 0.1) is 19.3 Å². The zero-order valence-electron chi connectivity index (χ0n) is 22.2. The van der Waals surface area contributed by atoms with Gasteiger partial charge in [0.05, 0.1) is 29.2 Å². The second-order valence-electron chi connectivity index (χ2n) is 9.56. The molecule has 0 aliphatic rings. The van der Waals surface area contributed by atoms with E-state index in [4.69, 9.17) is 6.57 Å². The SMILES string of the molecule is [C-]#[N+]C(C)(C)C(=O)Nc1cn2nc(-c3cnc(C)c(C(=O)N[C@H](C)c4cc(OC(F)(F)F)ccc4F)c3)ccc2n1. The third-order valence-corrected chi connectivity index (χ3v) is 6.04. The van der Waals surface area contributed by atoms with Crippen LogP contribution in [0.25, 0.3) is 21.7 Å². The van der Waals surface area contributed by atoms with Gasteiger partial charge in [0, 0.05) is 31.2 Å². The molecule has 212 valence electrons. The maximum absolute atomic E-state index is 14.4. The van der Waals surface area contributed by atoms with E-state index in [0.29, 0.717) is 22.6 Å². The molecule has 3 heterocycles. The average Bonchev–Trinajstić information content (AvgIpc) is 3.30. The van der Waals surface area contributed by atoms with Crippen LogP contribution < -0.4 is 15.4 Å². The van der Waals surface area contributed by atoms with Crippen molar-refractivity contribution < 1.29 is 31.9 Å². The zero-order valence-corrected chi connectivity index (χ0v) is 22.2. The molecule has 0 radical (unpaired) electrons. The summed E-state index contributed by atoms with van der Waals surface area (Å²) >= 11 is 0. The van der Waals surface area contributed by atoms with E-state index in [1.54, 1.807) is 19.1 Å². The molecule has 4 rings (SSSR count). The van der Waals surface area contributed by atoms with Gasteiger partial charge in [0.15, 0.2) is 11.5 Å². The number of hydrogen-bond donors (Lipinski definition) is 2. The lowest BCUT2D eigenvalue weighted by Crippen LogP contribution is -2.33. The summed E-state index contributed by atoms with van der Waals surface area (Å²) in [6, 6.07) is 6.33. The first-order chi connectivity index (χ1) is 19.2. The molecular weight excluding hydrogens is 546 g/mol. The summed E-state index contributed by atoms with van der Waals surface area (Å²) in [5.41, 5.74) is 0.292. The third kappa shape index (κ3) is 6.57. The van der Waals surface area contributed by atoms with Crippen LogP contribution in [0.3, 0.4) is 0 Å². The Morgan fingerprint density at radius 1 is 1.15 bits per heavy atom. The number of halogens is 4. The highest BCUT2D eigenvalue weighted by atomic mass is 19.4. The first-order valence-electron chi connectivity index (χ1n) is 12.1. The van der Waals surface area contributed by atoms with E-state index in [2.05, 4.69) is 35.3 Å². The lowest BCUT2D eigenvalue weighted by atomic mass is 10.0. The van der Waals surface area contributed by atoms with Gasteiger partial charge in [0.25, 0.3) is 5.91 Å². The van der Waals surface area contributed by atoms with Crippen molar-refractivity contribution in [3.63, 3.8) is 0 Å². The predicted octanol–water partition coefficient (Wildman–Crippen LogP) is 5.26. The van der Waals surface area contributed by atoms with Crippen molar-refractivity contribution in [1.29, 1.82) is 0 Å². The Morgan fingerprint density at radius 3 is 2.56 bits per heavy atom. The maximum atomic E-state index is 14.4. The molecule has 3 aromatic heterocycles. The summed E-state index contributed by atoms with van der Waals surface area (Å²) in [4.78, 5) is 37.2. The van der Waals surface area contributed by atoms with Crippen molar-refractivity contribution in [3.05, 3.63) is 82.8 Å². The molecule has 0 aliphatic heterocycles. The lowest BCUT2D eigenvalue weighted by Gasteiger charge is -2.18. The number of rotatable bonds is 7. The quantitative estimate of drug-likeness (QED) is 0.232. The smallest absolute Gasteiger partial charge is 0.406 e. The predicted molar refractivity (Wildman–Crippen MR) is 139 cm³/mol. The molecular formula is C27H23F4N7O3. The minimum absolute atomic E-state index is 0.138. The maximum Gasteiger partial charge on any atom is 0.573 e. The number of carbonyl (C=O) groups is 2. The fraction of sp³-hybridized carbons (Fsp3) is 0.259. The van der Waals surface area contributed by atoms with E-state index in [1.807, 2.05) is 0 Å². The Kier molecular flexibility index (Phi) is 7.65. The van der Waals surface area contributed by atoms with Crippen molar-refractivity contribution >= 4 is 23.3 Å². The third-order valence-electron chi connectivity index (χ3n) is 6.04. The van der Waals surface area contributed by atoms with Crippen molar-refractivity contribution in [3.8, 4) is 17.0 Å². The highest BCUT2D eigenvalue weighted by Gasteiger charge is 2.34. The molecule has 10 nitrogen and oxygen atoms in total. The number of pyridine rings is 1. The van der Waals surface area contributed by atoms with Crippen LogP contribution in [0.4, 0.5) is 23.4 Å². The summed E-state index contributed by atoms with van der Waals surface area (Å²) in [7, 11) is 0. The molecule has 1 aromatic carbocycles. The molecule has 0 aliphatic carbocycles. The molecule has 0 bridgehead atoms. The number of fused-ring (bicyclic) bond motifs is 1. The molecule has 2 N–H and O–H groups in total. The number of ether oxygens (including phenoxy) is 1. The number of aromatic nitrogens is 4. The highest BCUT2D eigenvalue weighted by molar-refractivity contribution is 5.98. The standard InChI is InChI=1S/C27H23F4N7O3/c1-14-19(24(39)34-15(2)18-11-17(6-7-20(18)28)41-27(29,30)31)10-16(12-33-14)21-8-9-23-35-22(13-38(23)37-21)36-25(40)26(3,4)32-5/h6-13,15H,1-4H3,(H,34,39)(H,36,40)/t15-/m1/s1. The Labute approximate surface area is 231 Å². The number of nitrogens with one attached hydrogen (secondary N) is 2. The number of benzene rings is 1. The van der Waals surface area contributed by atoms with E-state index in [-0.39, 0.29) is 16.9 Å². The molecule has 4 aromatic rings. The number of nitrogens with zero attached hydrogens (tertiary/aromatic N) is 5. The van der Waals surface area contributed by atoms with Crippen LogP contribution in [0.1, 0.15) is 48.4 Å². The normalized spacial score (nSPS) is 12.5. The summed E-state index contributed by atoms with van der Waals surface area (Å²) < 4.78 is 57.4. The number of imidazole rings is 1. The van der Waals surface area contributed by atoms with Gasteiger partial charge in [0.1, 0.15) is 11.6 Å². The molecule has 0 fully saturated rings. The number of alkyl halides is 3. The Hall–Kier alpha value is -5.06. The number of aryl methyl sites for hydroxylation is 1. The number of hydrogen-bond acceptors (Lipinski definition) is 6. The van der Waals surface area contributed by atoms with Crippen molar-refractivity contribution in [2.75, 3.05) is 5.32 Å². The van der Waals surface area contributed by atoms with E-state index < -0.39 is 41.3 Å². The van der Waals surface area contributed by atoms with Gasteiger partial charge in [-0.1, -0.05) is 0 Å². The molecule has 2 amide bonds. The van der Waals surface area contributed by atoms with Crippen LogP contribution in [0.5, 0.6) is 5.75 Å². The minimum Gasteiger partial charge on any atom is -0.406 e. The van der Waals surface area contributed by atoms with Crippen molar-refractivity contribution in [1.82, 2.24) is 24.9 Å². The number of amides is 2. The van der Waals surface area contributed by atoms with Gasteiger partial charge < -0.3 is 20.2 Å². The Balaban J connectivity index is 1.56. The van der Waals surface area contributed by atoms with Gasteiger partial charge >= 0.3 is 17.8 Å². The topological polar surface area (TPSA) is 115 Å². The molecule has 14 heteroatoms. The second kappa shape index (κ2) is 10.8. The van der Waals surface area contributed by atoms with Crippen LogP contribution in [-0.2, 0) is 4.79 Å². The molecule has 0 spiro atoms. The first-order valence-corrected chi connectivity index (χ1v) is 12.1. The van der Waals surface area contributed by atoms with E-state index in [1.165, 1.54) is 43.7 Å². The Morgan fingerprint density at radius 2 is 1.88 bits per heavy atom. The fourth-order valence-electron chi connectivity index (χ4n) is 3.72. The van der Waals surface area contributed by atoms with Gasteiger partial charge in [0.2, 0.25) is 0 Å². The van der Waals surface area contributed by atoms with Crippen LogP contribution in [0.2, 0.25) is 0 Å². The number of carbonyl (C=O) groups excluding carboxylic acids is 2. The number of anilines is 1. The van der Waals surface area contributed by atoms with E-state index in [0.717, 1.165) is 18.2 Å². The largest absolute Gasteiger partial charge is 0.573 e. The van der Waals surface area contributed by atoms with Crippen LogP contribution >= 0.6 is 0 Å². The molecule has 1 atom stereocenters.